The van der Waals surface area contributed by atoms with E-state index in [1.807, 2.05) is 42.5 Å². The van der Waals surface area contributed by atoms with Crippen molar-refractivity contribution in [2.45, 2.75) is 25.3 Å². The van der Waals surface area contributed by atoms with Gasteiger partial charge in [-0.3, -0.25) is 14.4 Å². The first-order chi connectivity index (χ1) is 16.0. The van der Waals surface area contributed by atoms with Crippen molar-refractivity contribution in [2.75, 3.05) is 22.1 Å². The summed E-state index contributed by atoms with van der Waals surface area (Å²) in [6, 6.07) is 22.7. The van der Waals surface area contributed by atoms with Crippen LogP contribution in [0.4, 0.5) is 17.1 Å². The predicted octanol–water partition coefficient (Wildman–Crippen LogP) is 4.09. The second-order valence-corrected chi connectivity index (χ2v) is 7.97. The summed E-state index contributed by atoms with van der Waals surface area (Å²) in [5, 5.41) is 6.15. The Balaban J connectivity index is 1.52. The van der Waals surface area contributed by atoms with Crippen molar-refractivity contribution in [2.24, 2.45) is 5.73 Å². The van der Waals surface area contributed by atoms with Crippen LogP contribution in [-0.2, 0) is 9.59 Å². The Hall–Kier alpha value is -4.13. The number of carbonyl (C=O) groups is 3. The second kappa shape index (κ2) is 9.99. The number of nitrogens with two attached hydrogens (primary N) is 1. The summed E-state index contributed by atoms with van der Waals surface area (Å²) in [4.78, 5) is 38.7. The van der Waals surface area contributed by atoms with E-state index in [0.29, 0.717) is 23.4 Å². The van der Waals surface area contributed by atoms with Crippen LogP contribution in [-0.4, -0.2) is 24.3 Å². The summed E-state index contributed by atoms with van der Waals surface area (Å²) in [7, 11) is 0. The van der Waals surface area contributed by atoms with Crippen molar-refractivity contribution in [1.82, 2.24) is 0 Å². The molecule has 1 aliphatic heterocycles. The molecule has 1 atom stereocenters. The van der Waals surface area contributed by atoms with E-state index >= 15 is 0 Å². The maximum absolute atomic E-state index is 13.2. The number of rotatable bonds is 7. The van der Waals surface area contributed by atoms with E-state index in [2.05, 4.69) is 10.6 Å². The van der Waals surface area contributed by atoms with Crippen LogP contribution < -0.4 is 21.3 Å². The van der Waals surface area contributed by atoms with Crippen molar-refractivity contribution >= 4 is 34.8 Å². The van der Waals surface area contributed by atoms with Crippen molar-refractivity contribution in [3.63, 3.8) is 0 Å². The SMILES string of the molecule is NC(=O)c1cccc(NC(C(=O)Nc2ccc(N3CCCCC3=O)cc2)c2ccccc2)c1. The monoisotopic (exact) mass is 442 g/mol. The molecule has 4 rings (SSSR count). The van der Waals surface area contributed by atoms with E-state index in [1.165, 1.54) is 0 Å². The molecule has 0 radical (unpaired) electrons. The number of primary amides is 1. The van der Waals surface area contributed by atoms with Crippen LogP contribution in [0.25, 0.3) is 0 Å². The molecule has 0 aliphatic carbocycles. The summed E-state index contributed by atoms with van der Waals surface area (Å²) in [5.41, 5.74) is 8.58. The molecule has 1 saturated heterocycles. The third kappa shape index (κ3) is 5.38. The van der Waals surface area contributed by atoms with Crippen molar-refractivity contribution < 1.29 is 14.4 Å². The molecule has 4 N–H and O–H groups in total. The van der Waals surface area contributed by atoms with Crippen molar-refractivity contribution in [3.8, 4) is 0 Å². The summed E-state index contributed by atoms with van der Waals surface area (Å²) in [6.07, 6.45) is 2.49. The van der Waals surface area contributed by atoms with Gasteiger partial charge in [-0.15, -0.1) is 0 Å². The number of amides is 3. The predicted molar refractivity (Wildman–Crippen MR) is 129 cm³/mol. The Morgan fingerprint density at radius 2 is 1.64 bits per heavy atom. The van der Waals surface area contributed by atoms with Gasteiger partial charge >= 0.3 is 0 Å². The van der Waals surface area contributed by atoms with E-state index in [-0.39, 0.29) is 11.8 Å². The highest BCUT2D eigenvalue weighted by Crippen LogP contribution is 2.25. The quantitative estimate of drug-likeness (QED) is 0.512. The first kappa shape index (κ1) is 22.1. The molecule has 0 spiro atoms. The topological polar surface area (TPSA) is 105 Å². The van der Waals surface area contributed by atoms with E-state index in [4.69, 9.17) is 5.73 Å². The molecule has 3 aromatic carbocycles. The molecule has 1 fully saturated rings. The van der Waals surface area contributed by atoms with Crippen LogP contribution in [0.2, 0.25) is 0 Å². The number of benzene rings is 3. The number of carbonyl (C=O) groups excluding carboxylic acids is 3. The lowest BCUT2D eigenvalue weighted by molar-refractivity contribution is -0.119. The van der Waals surface area contributed by atoms with Gasteiger partial charge in [0.05, 0.1) is 0 Å². The second-order valence-electron chi connectivity index (χ2n) is 7.97. The van der Waals surface area contributed by atoms with Crippen LogP contribution in [0, 0.1) is 0 Å². The maximum Gasteiger partial charge on any atom is 0.251 e. The number of nitrogens with one attached hydrogen (secondary N) is 2. The molecule has 3 aromatic rings. The number of hydrogen-bond acceptors (Lipinski definition) is 4. The van der Waals surface area contributed by atoms with Gasteiger partial charge in [-0.2, -0.15) is 0 Å². The number of anilines is 3. The molecular formula is C26H26N4O3. The first-order valence-corrected chi connectivity index (χ1v) is 10.9. The first-order valence-electron chi connectivity index (χ1n) is 10.9. The molecule has 0 saturated carbocycles. The van der Waals surface area contributed by atoms with Crippen molar-refractivity contribution in [3.05, 3.63) is 90.0 Å². The Kier molecular flexibility index (Phi) is 6.69. The minimum Gasteiger partial charge on any atom is -0.370 e. The highest BCUT2D eigenvalue weighted by molar-refractivity contribution is 5.99. The van der Waals surface area contributed by atoms with Crippen LogP contribution in [0.15, 0.2) is 78.9 Å². The third-order valence-corrected chi connectivity index (χ3v) is 5.62. The normalized spacial score (nSPS) is 14.4. The average molecular weight is 443 g/mol. The van der Waals surface area contributed by atoms with E-state index in [1.54, 1.807) is 41.3 Å². The van der Waals surface area contributed by atoms with Crippen LogP contribution in [0.5, 0.6) is 0 Å². The van der Waals surface area contributed by atoms with Gasteiger partial charge in [-0.25, -0.2) is 0 Å². The van der Waals surface area contributed by atoms with Crippen LogP contribution in [0.3, 0.4) is 0 Å². The molecule has 7 nitrogen and oxygen atoms in total. The zero-order valence-corrected chi connectivity index (χ0v) is 18.2. The van der Waals surface area contributed by atoms with Gasteiger partial charge in [-0.1, -0.05) is 36.4 Å². The Labute approximate surface area is 192 Å². The fourth-order valence-corrected chi connectivity index (χ4v) is 3.89. The minimum absolute atomic E-state index is 0.129. The fourth-order valence-electron chi connectivity index (χ4n) is 3.89. The van der Waals surface area contributed by atoms with E-state index < -0.39 is 11.9 Å². The lowest BCUT2D eigenvalue weighted by Crippen LogP contribution is -2.35. The molecule has 1 aliphatic rings. The lowest BCUT2D eigenvalue weighted by Gasteiger charge is -2.27. The van der Waals surface area contributed by atoms with Crippen molar-refractivity contribution in [1.29, 1.82) is 0 Å². The molecule has 168 valence electrons. The van der Waals surface area contributed by atoms with Gasteiger partial charge in [0.1, 0.15) is 6.04 Å². The van der Waals surface area contributed by atoms with Gasteiger partial charge in [0.15, 0.2) is 0 Å². The summed E-state index contributed by atoms with van der Waals surface area (Å²) >= 11 is 0. The highest BCUT2D eigenvalue weighted by Gasteiger charge is 2.22. The largest absolute Gasteiger partial charge is 0.370 e. The van der Waals surface area contributed by atoms with Gasteiger partial charge in [-0.05, 0) is 60.9 Å². The number of hydrogen-bond donors (Lipinski definition) is 3. The zero-order chi connectivity index (χ0) is 23.2. The summed E-state index contributed by atoms with van der Waals surface area (Å²) in [6.45, 7) is 0.717. The Morgan fingerprint density at radius 3 is 2.33 bits per heavy atom. The number of piperidine rings is 1. The summed E-state index contributed by atoms with van der Waals surface area (Å²) < 4.78 is 0. The minimum atomic E-state index is -0.697. The Bertz CT molecular complexity index is 1150. The van der Waals surface area contributed by atoms with Gasteiger partial charge in [0.25, 0.3) is 5.91 Å². The maximum atomic E-state index is 13.2. The molecule has 0 aromatic heterocycles. The molecular weight excluding hydrogens is 416 g/mol. The molecule has 3 amide bonds. The van der Waals surface area contributed by atoms with Crippen LogP contribution >= 0.6 is 0 Å². The Morgan fingerprint density at radius 1 is 0.879 bits per heavy atom. The smallest absolute Gasteiger partial charge is 0.251 e. The van der Waals surface area contributed by atoms with Gasteiger partial charge in [0, 0.05) is 35.6 Å². The third-order valence-electron chi connectivity index (χ3n) is 5.62. The van der Waals surface area contributed by atoms with Gasteiger partial charge < -0.3 is 21.3 Å². The zero-order valence-electron chi connectivity index (χ0n) is 18.2. The van der Waals surface area contributed by atoms with Crippen LogP contribution in [0.1, 0.15) is 41.2 Å². The van der Waals surface area contributed by atoms with Gasteiger partial charge in [0.2, 0.25) is 11.8 Å². The lowest BCUT2D eigenvalue weighted by atomic mass is 10.0. The fraction of sp³-hybridized carbons (Fsp3) is 0.192. The molecule has 1 heterocycles. The molecule has 33 heavy (non-hydrogen) atoms. The van der Waals surface area contributed by atoms with E-state index in [0.717, 1.165) is 30.6 Å². The van der Waals surface area contributed by atoms with E-state index in [9.17, 15) is 14.4 Å². The average Bonchev–Trinajstić information content (AvgIpc) is 2.84. The number of nitrogens with zero attached hydrogens (tertiary/aromatic N) is 1. The summed E-state index contributed by atoms with van der Waals surface area (Å²) in [5.74, 6) is -0.663. The molecule has 0 bridgehead atoms. The standard InChI is InChI=1S/C26H26N4O3/c27-25(32)19-9-6-10-21(17-19)28-24(18-7-2-1-3-8-18)26(33)29-20-12-14-22(15-13-20)30-16-5-4-11-23(30)31/h1-3,6-10,12-15,17,24,28H,4-5,11,16H2,(H2,27,32)(H,29,33). The highest BCUT2D eigenvalue weighted by atomic mass is 16.2. The molecule has 7 heteroatoms. The molecule has 1 unspecified atom stereocenters.